The third-order valence-electron chi connectivity index (χ3n) is 2.91. The zero-order chi connectivity index (χ0) is 14.6. The number of benzene rings is 1. The minimum atomic E-state index is -4.24. The largest absolute Gasteiger partial charge is 0.401 e. The average Bonchev–Trinajstić information content (AvgIpc) is 2.29. The predicted octanol–water partition coefficient (Wildman–Crippen LogP) is 3.72. The second-order valence-corrected chi connectivity index (χ2v) is 5.51. The van der Waals surface area contributed by atoms with E-state index in [0.717, 1.165) is 10.0 Å². The Kier molecular flexibility index (Phi) is 5.82. The highest BCUT2D eigenvalue weighted by molar-refractivity contribution is 9.10. The van der Waals surface area contributed by atoms with Gasteiger partial charge in [-0.3, -0.25) is 4.90 Å². The number of alkyl halides is 3. The third kappa shape index (κ3) is 4.78. The Morgan fingerprint density at radius 1 is 1.26 bits per heavy atom. The molecule has 1 aromatic carbocycles. The fourth-order valence-corrected chi connectivity index (χ4v) is 2.60. The molecule has 0 saturated carbocycles. The van der Waals surface area contributed by atoms with Crippen molar-refractivity contribution in [3.63, 3.8) is 0 Å². The lowest BCUT2D eigenvalue weighted by Gasteiger charge is -2.35. The quantitative estimate of drug-likeness (QED) is 0.886. The lowest BCUT2D eigenvalue weighted by atomic mass is 10.0. The molecule has 2 nitrogen and oxygen atoms in total. The van der Waals surface area contributed by atoms with E-state index in [2.05, 4.69) is 15.9 Å². The summed E-state index contributed by atoms with van der Waals surface area (Å²) in [5.41, 5.74) is 6.48. The van der Waals surface area contributed by atoms with Gasteiger partial charge >= 0.3 is 6.18 Å². The van der Waals surface area contributed by atoms with Gasteiger partial charge in [0, 0.05) is 23.1 Å². The van der Waals surface area contributed by atoms with Crippen molar-refractivity contribution in [2.75, 3.05) is 13.1 Å². The summed E-state index contributed by atoms with van der Waals surface area (Å²) in [6.45, 7) is 2.65. The molecule has 0 spiro atoms. The SMILES string of the molecule is CC(C)N(CC(F)(F)F)C(CN)c1ccccc1Br. The zero-order valence-corrected chi connectivity index (χ0v) is 12.5. The summed E-state index contributed by atoms with van der Waals surface area (Å²) in [5, 5.41) is 0. The Bertz CT molecular complexity index is 407. The summed E-state index contributed by atoms with van der Waals surface area (Å²) < 4.78 is 38.8. The first-order valence-electron chi connectivity index (χ1n) is 6.03. The summed E-state index contributed by atoms with van der Waals surface area (Å²) >= 11 is 3.37. The fraction of sp³-hybridized carbons (Fsp3) is 0.538. The molecule has 0 bridgehead atoms. The van der Waals surface area contributed by atoms with Gasteiger partial charge in [0.15, 0.2) is 0 Å². The van der Waals surface area contributed by atoms with Crippen LogP contribution < -0.4 is 5.73 Å². The van der Waals surface area contributed by atoms with Crippen LogP contribution in [0.1, 0.15) is 25.5 Å². The maximum absolute atomic E-state index is 12.7. The van der Waals surface area contributed by atoms with Crippen molar-refractivity contribution < 1.29 is 13.2 Å². The number of hydrogen-bond acceptors (Lipinski definition) is 2. The van der Waals surface area contributed by atoms with E-state index in [9.17, 15) is 13.2 Å². The molecule has 0 aliphatic heterocycles. The Morgan fingerprint density at radius 3 is 2.26 bits per heavy atom. The second-order valence-electron chi connectivity index (χ2n) is 4.65. The van der Waals surface area contributed by atoms with E-state index in [-0.39, 0.29) is 12.6 Å². The monoisotopic (exact) mass is 338 g/mol. The molecular weight excluding hydrogens is 321 g/mol. The fourth-order valence-electron chi connectivity index (χ4n) is 2.05. The molecule has 0 radical (unpaired) electrons. The van der Waals surface area contributed by atoms with Crippen LogP contribution in [0.2, 0.25) is 0 Å². The van der Waals surface area contributed by atoms with Crippen LogP contribution in [0.3, 0.4) is 0 Å². The molecule has 0 aliphatic carbocycles. The van der Waals surface area contributed by atoms with E-state index in [1.165, 1.54) is 4.90 Å². The minimum Gasteiger partial charge on any atom is -0.329 e. The Morgan fingerprint density at radius 2 is 1.84 bits per heavy atom. The van der Waals surface area contributed by atoms with E-state index in [1.54, 1.807) is 26.0 Å². The van der Waals surface area contributed by atoms with Gasteiger partial charge in [-0.05, 0) is 25.5 Å². The number of nitrogens with two attached hydrogens (primary N) is 1. The predicted molar refractivity (Wildman–Crippen MR) is 73.8 cm³/mol. The van der Waals surface area contributed by atoms with Gasteiger partial charge in [-0.25, -0.2) is 0 Å². The molecule has 1 unspecified atom stereocenters. The normalized spacial score (nSPS) is 14.2. The maximum atomic E-state index is 12.7. The molecule has 0 amide bonds. The first kappa shape index (κ1) is 16.5. The van der Waals surface area contributed by atoms with Gasteiger partial charge in [-0.15, -0.1) is 0 Å². The number of rotatable bonds is 5. The smallest absolute Gasteiger partial charge is 0.329 e. The number of halogens is 4. The zero-order valence-electron chi connectivity index (χ0n) is 10.9. The Balaban J connectivity index is 3.07. The highest BCUT2D eigenvalue weighted by Crippen LogP contribution is 2.31. The highest BCUT2D eigenvalue weighted by atomic mass is 79.9. The van der Waals surface area contributed by atoms with Crippen molar-refractivity contribution in [3.05, 3.63) is 34.3 Å². The molecule has 108 valence electrons. The molecule has 1 aromatic rings. The summed E-state index contributed by atoms with van der Waals surface area (Å²) in [7, 11) is 0. The third-order valence-corrected chi connectivity index (χ3v) is 3.64. The van der Waals surface area contributed by atoms with E-state index in [0.29, 0.717) is 0 Å². The Hall–Kier alpha value is -0.590. The molecule has 0 aliphatic rings. The molecule has 0 fully saturated rings. The number of hydrogen-bond donors (Lipinski definition) is 1. The second kappa shape index (κ2) is 6.72. The van der Waals surface area contributed by atoms with E-state index >= 15 is 0 Å². The number of nitrogens with zero attached hydrogens (tertiary/aromatic N) is 1. The van der Waals surface area contributed by atoms with Gasteiger partial charge < -0.3 is 5.73 Å². The highest BCUT2D eigenvalue weighted by Gasteiger charge is 2.35. The van der Waals surface area contributed by atoms with Crippen LogP contribution in [0.5, 0.6) is 0 Å². The van der Waals surface area contributed by atoms with Crippen LogP contribution in [0.4, 0.5) is 13.2 Å². The van der Waals surface area contributed by atoms with Crippen molar-refractivity contribution in [1.82, 2.24) is 4.90 Å². The van der Waals surface area contributed by atoms with E-state index < -0.39 is 18.8 Å². The molecule has 0 aromatic heterocycles. The molecule has 0 heterocycles. The topological polar surface area (TPSA) is 29.3 Å². The van der Waals surface area contributed by atoms with Crippen molar-refractivity contribution in [1.29, 1.82) is 0 Å². The maximum Gasteiger partial charge on any atom is 0.401 e. The Labute approximate surface area is 119 Å². The molecule has 19 heavy (non-hydrogen) atoms. The van der Waals surface area contributed by atoms with Gasteiger partial charge in [-0.2, -0.15) is 13.2 Å². The van der Waals surface area contributed by atoms with Gasteiger partial charge in [0.25, 0.3) is 0 Å². The summed E-state index contributed by atoms with van der Waals surface area (Å²) in [5.74, 6) is 0. The van der Waals surface area contributed by atoms with Crippen LogP contribution in [0.25, 0.3) is 0 Å². The van der Waals surface area contributed by atoms with Crippen molar-refractivity contribution in [2.24, 2.45) is 5.73 Å². The molecule has 2 N–H and O–H groups in total. The van der Waals surface area contributed by atoms with E-state index in [4.69, 9.17) is 5.73 Å². The lowest BCUT2D eigenvalue weighted by molar-refractivity contribution is -0.155. The van der Waals surface area contributed by atoms with Gasteiger partial charge in [0.05, 0.1) is 6.54 Å². The summed E-state index contributed by atoms with van der Waals surface area (Å²) in [4.78, 5) is 1.38. The van der Waals surface area contributed by atoms with Gasteiger partial charge in [0.2, 0.25) is 0 Å². The first-order valence-corrected chi connectivity index (χ1v) is 6.82. The van der Waals surface area contributed by atoms with Gasteiger partial charge in [-0.1, -0.05) is 34.1 Å². The van der Waals surface area contributed by atoms with Crippen molar-refractivity contribution in [2.45, 2.75) is 32.1 Å². The van der Waals surface area contributed by atoms with E-state index in [1.807, 2.05) is 12.1 Å². The minimum absolute atomic E-state index is 0.136. The molecule has 1 atom stereocenters. The van der Waals surface area contributed by atoms with Crippen LogP contribution >= 0.6 is 15.9 Å². The van der Waals surface area contributed by atoms with Crippen molar-refractivity contribution >= 4 is 15.9 Å². The summed E-state index contributed by atoms with van der Waals surface area (Å²) in [6.07, 6.45) is -4.24. The standard InChI is InChI=1S/C13H18BrF3N2/c1-9(2)19(8-13(15,16)17)12(7-18)10-5-3-4-6-11(10)14/h3-6,9,12H,7-8,18H2,1-2H3. The molecule has 1 rings (SSSR count). The summed E-state index contributed by atoms with van der Waals surface area (Å²) in [6, 6.07) is 6.52. The van der Waals surface area contributed by atoms with Crippen LogP contribution in [-0.2, 0) is 0 Å². The molecule has 0 saturated heterocycles. The van der Waals surface area contributed by atoms with Crippen LogP contribution in [-0.4, -0.2) is 30.2 Å². The van der Waals surface area contributed by atoms with Gasteiger partial charge in [0.1, 0.15) is 0 Å². The molecule has 6 heteroatoms. The first-order chi connectivity index (χ1) is 8.76. The average molecular weight is 339 g/mol. The lowest BCUT2D eigenvalue weighted by Crippen LogP contribution is -2.44. The van der Waals surface area contributed by atoms with Crippen LogP contribution in [0.15, 0.2) is 28.7 Å². The van der Waals surface area contributed by atoms with Crippen molar-refractivity contribution in [3.8, 4) is 0 Å². The molecular formula is C13H18BrF3N2. The van der Waals surface area contributed by atoms with Crippen LogP contribution in [0, 0.1) is 0 Å².